The number of halogens is 1. The van der Waals surface area contributed by atoms with Gasteiger partial charge in [0.1, 0.15) is 0 Å². The minimum Gasteiger partial charge on any atom is -0.296 e. The van der Waals surface area contributed by atoms with Gasteiger partial charge in [-0.2, -0.15) is 0 Å². The average molecular weight is 389 g/mol. The second-order valence-corrected chi connectivity index (χ2v) is 8.39. The molecule has 1 aromatic carbocycles. The Balaban J connectivity index is 2.10. The number of hydrogen-bond acceptors (Lipinski definition) is 6. The molecule has 1 amide bonds. The Bertz CT molecular complexity index is 823. The topological polar surface area (TPSA) is 101 Å². The van der Waals surface area contributed by atoms with Crippen LogP contribution >= 0.6 is 22.9 Å². The van der Waals surface area contributed by atoms with E-state index < -0.39 is 15.9 Å². The van der Waals surface area contributed by atoms with E-state index in [2.05, 4.69) is 20.2 Å². The summed E-state index contributed by atoms with van der Waals surface area (Å²) in [5, 5.41) is 10.2. The quantitative estimate of drug-likeness (QED) is 0.710. The van der Waals surface area contributed by atoms with Gasteiger partial charge < -0.3 is 0 Å². The number of carbonyl (C=O) groups is 1. The van der Waals surface area contributed by atoms with Crippen molar-refractivity contribution in [2.75, 3.05) is 5.32 Å². The Morgan fingerprint density at radius 2 is 2.04 bits per heavy atom. The first-order valence-corrected chi connectivity index (χ1v) is 9.93. The van der Waals surface area contributed by atoms with Gasteiger partial charge in [-0.15, -0.1) is 10.2 Å². The van der Waals surface area contributed by atoms with Crippen molar-refractivity contribution in [1.29, 1.82) is 0 Å². The molecular formula is C14H17ClN4O3S2. The molecule has 1 heterocycles. The first-order chi connectivity index (χ1) is 11.3. The lowest BCUT2D eigenvalue weighted by molar-refractivity contribution is 0.102. The van der Waals surface area contributed by atoms with Gasteiger partial charge in [-0.25, -0.2) is 13.1 Å². The van der Waals surface area contributed by atoms with Crippen molar-refractivity contribution in [3.8, 4) is 0 Å². The first kappa shape index (κ1) is 18.8. The molecule has 2 rings (SSSR count). The van der Waals surface area contributed by atoms with Crippen LogP contribution in [0.1, 0.15) is 37.0 Å². The molecule has 2 N–H and O–H groups in total. The van der Waals surface area contributed by atoms with E-state index in [1.165, 1.54) is 0 Å². The number of aromatic nitrogens is 2. The van der Waals surface area contributed by atoms with Gasteiger partial charge >= 0.3 is 0 Å². The van der Waals surface area contributed by atoms with Crippen molar-refractivity contribution in [2.45, 2.75) is 37.1 Å². The highest BCUT2D eigenvalue weighted by Crippen LogP contribution is 2.22. The van der Waals surface area contributed by atoms with E-state index >= 15 is 0 Å². The minimum atomic E-state index is -3.75. The SMILES string of the molecule is CCC[C@@H](C)NS(=O)(=O)c1nnc(NC(=O)c2ccccc2Cl)s1. The van der Waals surface area contributed by atoms with E-state index in [9.17, 15) is 13.2 Å². The molecule has 24 heavy (non-hydrogen) atoms. The van der Waals surface area contributed by atoms with Crippen molar-refractivity contribution in [1.82, 2.24) is 14.9 Å². The fourth-order valence-electron chi connectivity index (χ4n) is 1.99. The number of nitrogens with zero attached hydrogens (tertiary/aromatic N) is 2. The van der Waals surface area contributed by atoms with Gasteiger partial charge in [-0.1, -0.05) is 48.4 Å². The molecule has 1 atom stereocenters. The number of sulfonamides is 1. The van der Waals surface area contributed by atoms with Gasteiger partial charge in [0.2, 0.25) is 9.47 Å². The molecule has 2 aromatic rings. The van der Waals surface area contributed by atoms with E-state index in [1.807, 2.05) is 6.92 Å². The second-order valence-electron chi connectivity index (χ2n) is 5.12. The van der Waals surface area contributed by atoms with Gasteiger partial charge in [0, 0.05) is 6.04 Å². The summed E-state index contributed by atoms with van der Waals surface area (Å²) in [5.41, 5.74) is 0.272. The van der Waals surface area contributed by atoms with Crippen LogP contribution in [0.5, 0.6) is 0 Å². The molecule has 10 heteroatoms. The van der Waals surface area contributed by atoms with Gasteiger partial charge in [0.05, 0.1) is 10.6 Å². The van der Waals surface area contributed by atoms with Crippen LogP contribution in [0.25, 0.3) is 0 Å². The number of nitrogens with one attached hydrogen (secondary N) is 2. The molecule has 0 aliphatic rings. The van der Waals surface area contributed by atoms with Crippen molar-refractivity contribution < 1.29 is 13.2 Å². The molecule has 0 aliphatic carbocycles. The Kier molecular flexibility index (Phi) is 6.27. The maximum absolute atomic E-state index is 12.2. The van der Waals surface area contributed by atoms with Crippen molar-refractivity contribution in [3.05, 3.63) is 34.9 Å². The molecule has 0 spiro atoms. The largest absolute Gasteiger partial charge is 0.296 e. The molecule has 0 saturated heterocycles. The number of hydrogen-bond donors (Lipinski definition) is 2. The molecule has 0 unspecified atom stereocenters. The third-order valence-electron chi connectivity index (χ3n) is 3.05. The standard InChI is InChI=1S/C14H17ClN4O3S2/c1-3-6-9(2)19-24(21,22)14-18-17-13(23-14)16-12(20)10-7-4-5-8-11(10)15/h4-5,7-9,19H,3,6H2,1-2H3,(H,16,17,20)/t9-/m1/s1. The van der Waals surface area contributed by atoms with Crippen LogP contribution in [0.3, 0.4) is 0 Å². The second kappa shape index (κ2) is 8.02. The normalized spacial score (nSPS) is 12.8. The Morgan fingerprint density at radius 1 is 1.33 bits per heavy atom. The van der Waals surface area contributed by atoms with Crippen LogP contribution in [-0.2, 0) is 10.0 Å². The van der Waals surface area contributed by atoms with Crippen LogP contribution in [0.4, 0.5) is 5.13 Å². The molecular weight excluding hydrogens is 372 g/mol. The van der Waals surface area contributed by atoms with Gasteiger partial charge in [0.15, 0.2) is 0 Å². The molecule has 130 valence electrons. The molecule has 0 saturated carbocycles. The average Bonchev–Trinajstić information content (AvgIpc) is 2.96. The zero-order chi connectivity index (χ0) is 17.7. The van der Waals surface area contributed by atoms with E-state index in [4.69, 9.17) is 11.6 Å². The summed E-state index contributed by atoms with van der Waals surface area (Å²) in [6, 6.07) is 6.33. The number of rotatable bonds is 7. The van der Waals surface area contributed by atoms with Crippen LogP contribution in [0.15, 0.2) is 28.6 Å². The lowest BCUT2D eigenvalue weighted by Crippen LogP contribution is -2.32. The number of benzene rings is 1. The summed E-state index contributed by atoms with van der Waals surface area (Å²) in [4.78, 5) is 12.1. The summed E-state index contributed by atoms with van der Waals surface area (Å²) < 4.78 is 26.7. The summed E-state index contributed by atoms with van der Waals surface area (Å²) >= 11 is 6.73. The zero-order valence-corrected chi connectivity index (χ0v) is 15.5. The van der Waals surface area contributed by atoms with E-state index in [1.54, 1.807) is 31.2 Å². The number of anilines is 1. The smallest absolute Gasteiger partial charge is 0.270 e. The third-order valence-corrected chi connectivity index (χ3v) is 6.18. The number of carbonyl (C=O) groups excluding carboxylic acids is 1. The highest BCUT2D eigenvalue weighted by Gasteiger charge is 2.23. The molecule has 0 radical (unpaired) electrons. The summed E-state index contributed by atoms with van der Waals surface area (Å²) in [6.45, 7) is 3.75. The minimum absolute atomic E-state index is 0.0865. The lowest BCUT2D eigenvalue weighted by Gasteiger charge is -2.10. The van der Waals surface area contributed by atoms with E-state index in [0.717, 1.165) is 17.8 Å². The molecule has 0 bridgehead atoms. The van der Waals surface area contributed by atoms with Crippen LogP contribution in [-0.4, -0.2) is 30.6 Å². The zero-order valence-electron chi connectivity index (χ0n) is 13.1. The monoisotopic (exact) mass is 388 g/mol. The fourth-order valence-corrected chi connectivity index (χ4v) is 4.40. The molecule has 0 aliphatic heterocycles. The van der Waals surface area contributed by atoms with Crippen molar-refractivity contribution in [3.63, 3.8) is 0 Å². The molecule has 0 fully saturated rings. The highest BCUT2D eigenvalue weighted by atomic mass is 35.5. The Labute approximate surface area is 149 Å². The predicted molar refractivity (Wildman–Crippen MR) is 94.0 cm³/mol. The van der Waals surface area contributed by atoms with E-state index in [0.29, 0.717) is 11.4 Å². The van der Waals surface area contributed by atoms with E-state index in [-0.39, 0.29) is 21.1 Å². The van der Waals surface area contributed by atoms with Gasteiger partial charge in [-0.3, -0.25) is 10.1 Å². The fraction of sp³-hybridized carbons (Fsp3) is 0.357. The van der Waals surface area contributed by atoms with Crippen LogP contribution in [0.2, 0.25) is 5.02 Å². The summed E-state index contributed by atoms with van der Waals surface area (Å²) in [6.07, 6.45) is 1.58. The summed E-state index contributed by atoms with van der Waals surface area (Å²) in [5.74, 6) is -0.479. The van der Waals surface area contributed by atoms with Crippen molar-refractivity contribution in [2.24, 2.45) is 0 Å². The third kappa shape index (κ3) is 4.73. The maximum Gasteiger partial charge on any atom is 0.270 e. The Hall–Kier alpha value is -1.55. The lowest BCUT2D eigenvalue weighted by atomic mass is 10.2. The number of amides is 1. The molecule has 1 aromatic heterocycles. The maximum atomic E-state index is 12.2. The Morgan fingerprint density at radius 3 is 2.71 bits per heavy atom. The van der Waals surface area contributed by atoms with Crippen LogP contribution in [0, 0.1) is 0 Å². The van der Waals surface area contributed by atoms with Gasteiger partial charge in [0.25, 0.3) is 15.9 Å². The van der Waals surface area contributed by atoms with Crippen LogP contribution < -0.4 is 10.0 Å². The molecule has 7 nitrogen and oxygen atoms in total. The first-order valence-electron chi connectivity index (χ1n) is 7.25. The predicted octanol–water partition coefficient (Wildman–Crippen LogP) is 2.91. The summed E-state index contributed by atoms with van der Waals surface area (Å²) in [7, 11) is -3.75. The highest BCUT2D eigenvalue weighted by molar-refractivity contribution is 7.91. The van der Waals surface area contributed by atoms with Gasteiger partial charge in [-0.05, 0) is 25.5 Å². The van der Waals surface area contributed by atoms with Crippen molar-refractivity contribution >= 4 is 44.0 Å².